The molecular weight excluding hydrogens is 204 g/mol. The number of nitrogens with two attached hydrogens (primary N) is 1. The Labute approximate surface area is 94.8 Å². The molecule has 2 nitrogen and oxygen atoms in total. The first-order valence-electron chi connectivity index (χ1n) is 5.54. The van der Waals surface area contributed by atoms with Gasteiger partial charge >= 0.3 is 0 Å². The Kier molecular flexibility index (Phi) is 2.37. The van der Waals surface area contributed by atoms with Crippen LogP contribution in [-0.2, 0) is 6.54 Å². The van der Waals surface area contributed by atoms with Gasteiger partial charge < -0.3 is 10.6 Å². The molecule has 0 saturated carbocycles. The minimum Gasteiger partial charge on any atom is -0.366 e. The van der Waals surface area contributed by atoms with Gasteiger partial charge in [-0.2, -0.15) is 11.8 Å². The van der Waals surface area contributed by atoms with Gasteiger partial charge in [-0.25, -0.2) is 0 Å². The fourth-order valence-electron chi connectivity index (χ4n) is 2.66. The number of hydrogen-bond donors (Lipinski definition) is 1. The van der Waals surface area contributed by atoms with Crippen molar-refractivity contribution in [2.45, 2.75) is 24.3 Å². The largest absolute Gasteiger partial charge is 0.366 e. The highest BCUT2D eigenvalue weighted by Crippen LogP contribution is 2.40. The van der Waals surface area contributed by atoms with Gasteiger partial charge in [0.15, 0.2) is 0 Å². The summed E-state index contributed by atoms with van der Waals surface area (Å²) < 4.78 is 0. The number of nitrogens with zero attached hydrogens (tertiary/aromatic N) is 1. The van der Waals surface area contributed by atoms with Crippen molar-refractivity contribution in [3.63, 3.8) is 0 Å². The summed E-state index contributed by atoms with van der Waals surface area (Å²) in [5, 5.41) is 0.862. The van der Waals surface area contributed by atoms with E-state index in [-0.39, 0.29) is 0 Å². The van der Waals surface area contributed by atoms with E-state index in [0.717, 1.165) is 11.3 Å². The fourth-order valence-corrected chi connectivity index (χ4v) is 4.09. The summed E-state index contributed by atoms with van der Waals surface area (Å²) in [5.41, 5.74) is 8.44. The summed E-state index contributed by atoms with van der Waals surface area (Å²) in [6.45, 7) is 1.86. The molecule has 2 atom stereocenters. The number of para-hydroxylation sites is 1. The summed E-state index contributed by atoms with van der Waals surface area (Å²) in [6.07, 6.45) is 1.36. The summed E-state index contributed by atoms with van der Waals surface area (Å²) in [5.74, 6) is 1.30. The molecule has 0 amide bonds. The second-order valence-corrected chi connectivity index (χ2v) is 5.66. The van der Waals surface area contributed by atoms with E-state index in [1.807, 2.05) is 0 Å². The van der Waals surface area contributed by atoms with Crippen molar-refractivity contribution in [1.82, 2.24) is 0 Å². The van der Waals surface area contributed by atoms with Crippen molar-refractivity contribution in [3.05, 3.63) is 29.8 Å². The van der Waals surface area contributed by atoms with E-state index < -0.39 is 0 Å². The topological polar surface area (TPSA) is 29.3 Å². The van der Waals surface area contributed by atoms with Gasteiger partial charge in [0.2, 0.25) is 0 Å². The molecule has 3 heteroatoms. The van der Waals surface area contributed by atoms with E-state index in [1.165, 1.54) is 30.0 Å². The van der Waals surface area contributed by atoms with E-state index in [2.05, 4.69) is 40.9 Å². The Hall–Kier alpha value is -0.670. The molecule has 2 N–H and O–H groups in total. The molecule has 2 fully saturated rings. The monoisotopic (exact) mass is 220 g/mol. The molecule has 2 aliphatic heterocycles. The number of thioether (sulfide) groups is 1. The second kappa shape index (κ2) is 3.72. The highest BCUT2D eigenvalue weighted by atomic mass is 32.2. The summed E-state index contributed by atoms with van der Waals surface area (Å²) in [7, 11) is 0. The summed E-state index contributed by atoms with van der Waals surface area (Å²) >= 11 is 2.13. The highest BCUT2D eigenvalue weighted by Gasteiger charge is 2.38. The molecule has 0 spiro atoms. The van der Waals surface area contributed by atoms with E-state index in [4.69, 9.17) is 5.73 Å². The predicted molar refractivity (Wildman–Crippen MR) is 66.3 cm³/mol. The third kappa shape index (κ3) is 1.54. The van der Waals surface area contributed by atoms with Gasteiger partial charge in [-0.05, 0) is 18.1 Å². The first kappa shape index (κ1) is 9.55. The molecule has 80 valence electrons. The van der Waals surface area contributed by atoms with Gasteiger partial charge in [-0.15, -0.1) is 0 Å². The molecule has 0 radical (unpaired) electrons. The van der Waals surface area contributed by atoms with Crippen LogP contribution in [0.1, 0.15) is 12.0 Å². The lowest BCUT2D eigenvalue weighted by atomic mass is 10.1. The van der Waals surface area contributed by atoms with E-state index in [0.29, 0.717) is 6.54 Å². The smallest absolute Gasteiger partial charge is 0.0414 e. The molecule has 1 aromatic rings. The molecule has 2 heterocycles. The van der Waals surface area contributed by atoms with Crippen molar-refractivity contribution in [1.29, 1.82) is 0 Å². The fraction of sp³-hybridized carbons (Fsp3) is 0.500. The maximum absolute atomic E-state index is 5.78. The van der Waals surface area contributed by atoms with Crippen LogP contribution in [-0.4, -0.2) is 23.6 Å². The van der Waals surface area contributed by atoms with Crippen LogP contribution in [0.15, 0.2) is 24.3 Å². The Bertz CT molecular complexity index is 366. The molecule has 2 bridgehead atoms. The van der Waals surface area contributed by atoms with E-state index >= 15 is 0 Å². The zero-order chi connectivity index (χ0) is 10.3. The van der Waals surface area contributed by atoms with Gasteiger partial charge in [0.25, 0.3) is 0 Å². The van der Waals surface area contributed by atoms with E-state index in [9.17, 15) is 0 Å². The predicted octanol–water partition coefficient (Wildman–Crippen LogP) is 1.84. The Balaban J connectivity index is 1.92. The van der Waals surface area contributed by atoms with Crippen LogP contribution in [0.2, 0.25) is 0 Å². The minimum absolute atomic E-state index is 0.650. The van der Waals surface area contributed by atoms with Crippen molar-refractivity contribution < 1.29 is 0 Å². The molecule has 1 aromatic carbocycles. The van der Waals surface area contributed by atoms with Crippen molar-refractivity contribution in [3.8, 4) is 0 Å². The zero-order valence-corrected chi connectivity index (χ0v) is 9.54. The number of rotatable bonds is 2. The molecule has 2 aliphatic rings. The highest BCUT2D eigenvalue weighted by molar-refractivity contribution is 8.00. The summed E-state index contributed by atoms with van der Waals surface area (Å²) in [4.78, 5) is 2.56. The Morgan fingerprint density at radius 3 is 2.93 bits per heavy atom. The third-order valence-corrected chi connectivity index (χ3v) is 4.81. The van der Waals surface area contributed by atoms with Crippen LogP contribution < -0.4 is 10.6 Å². The van der Waals surface area contributed by atoms with Crippen LogP contribution in [0, 0.1) is 0 Å². The first-order chi connectivity index (χ1) is 7.38. The first-order valence-corrected chi connectivity index (χ1v) is 6.59. The van der Waals surface area contributed by atoms with Crippen LogP contribution in [0.5, 0.6) is 0 Å². The standard InChI is InChI=1S/C12H16N2S/c13-6-9-3-1-2-4-12(9)14-7-11-5-10(14)8-15-11/h1-4,10-11H,5-8,13H2. The Morgan fingerprint density at radius 2 is 2.27 bits per heavy atom. The lowest BCUT2D eigenvalue weighted by Crippen LogP contribution is -2.34. The number of anilines is 1. The molecule has 0 aliphatic carbocycles. The average Bonchev–Trinajstić information content (AvgIpc) is 2.90. The third-order valence-electron chi connectivity index (χ3n) is 3.42. The van der Waals surface area contributed by atoms with Crippen LogP contribution in [0.25, 0.3) is 0 Å². The van der Waals surface area contributed by atoms with Crippen molar-refractivity contribution in [2.24, 2.45) is 5.73 Å². The SMILES string of the molecule is NCc1ccccc1N1CC2CC1CS2. The number of benzene rings is 1. The van der Waals surface area contributed by atoms with Gasteiger partial charge in [0.1, 0.15) is 0 Å². The normalized spacial score (nSPS) is 28.7. The second-order valence-electron chi connectivity index (χ2n) is 4.33. The zero-order valence-electron chi connectivity index (χ0n) is 8.73. The minimum atomic E-state index is 0.650. The quantitative estimate of drug-likeness (QED) is 0.824. The van der Waals surface area contributed by atoms with Crippen molar-refractivity contribution in [2.75, 3.05) is 17.2 Å². The molecular formula is C12H16N2S. The summed E-state index contributed by atoms with van der Waals surface area (Å²) in [6, 6.07) is 9.32. The maximum atomic E-state index is 5.78. The van der Waals surface area contributed by atoms with Gasteiger partial charge in [-0.3, -0.25) is 0 Å². The van der Waals surface area contributed by atoms with Crippen LogP contribution >= 0.6 is 11.8 Å². The Morgan fingerprint density at radius 1 is 1.40 bits per heavy atom. The maximum Gasteiger partial charge on any atom is 0.0414 e. The van der Waals surface area contributed by atoms with E-state index in [1.54, 1.807) is 0 Å². The van der Waals surface area contributed by atoms with Crippen LogP contribution in [0.3, 0.4) is 0 Å². The average molecular weight is 220 g/mol. The number of hydrogen-bond acceptors (Lipinski definition) is 3. The molecule has 15 heavy (non-hydrogen) atoms. The molecule has 2 saturated heterocycles. The molecule has 3 rings (SSSR count). The van der Waals surface area contributed by atoms with Gasteiger partial charge in [0, 0.05) is 35.8 Å². The molecule has 2 unspecified atom stereocenters. The van der Waals surface area contributed by atoms with Gasteiger partial charge in [-0.1, -0.05) is 18.2 Å². The van der Waals surface area contributed by atoms with Crippen molar-refractivity contribution >= 4 is 17.4 Å². The molecule has 0 aromatic heterocycles. The van der Waals surface area contributed by atoms with Crippen LogP contribution in [0.4, 0.5) is 5.69 Å². The van der Waals surface area contributed by atoms with Gasteiger partial charge in [0.05, 0.1) is 0 Å². The lowest BCUT2D eigenvalue weighted by molar-refractivity contribution is 0.758. The number of fused-ring (bicyclic) bond motifs is 2. The lowest BCUT2D eigenvalue weighted by Gasteiger charge is -2.30.